The Morgan fingerprint density at radius 2 is 2.00 bits per heavy atom. The summed E-state index contributed by atoms with van der Waals surface area (Å²) in [4.78, 5) is 6.21. The standard InChI is InChI=1S/C15H24N4O2S/c1-16-15(18-13-8-9-22(20,21)11-13)17-10-12-4-6-14(7-5-12)19(2)3/h4-7,13H,8-11H2,1-3H3,(H2,16,17,18). The molecule has 0 saturated carbocycles. The maximum atomic E-state index is 11.5. The first-order chi connectivity index (χ1) is 10.4. The molecule has 22 heavy (non-hydrogen) atoms. The number of anilines is 1. The molecule has 122 valence electrons. The number of nitrogens with one attached hydrogen (secondary N) is 2. The van der Waals surface area contributed by atoms with Gasteiger partial charge in [0.1, 0.15) is 0 Å². The van der Waals surface area contributed by atoms with E-state index in [1.165, 1.54) is 0 Å². The van der Waals surface area contributed by atoms with E-state index >= 15 is 0 Å². The Morgan fingerprint density at radius 1 is 1.32 bits per heavy atom. The van der Waals surface area contributed by atoms with Crippen LogP contribution in [0.2, 0.25) is 0 Å². The first-order valence-electron chi connectivity index (χ1n) is 7.33. The number of hydrogen-bond acceptors (Lipinski definition) is 4. The van der Waals surface area contributed by atoms with E-state index in [4.69, 9.17) is 0 Å². The van der Waals surface area contributed by atoms with Gasteiger partial charge in [-0.15, -0.1) is 0 Å². The van der Waals surface area contributed by atoms with Crippen LogP contribution in [0.4, 0.5) is 5.69 Å². The molecule has 0 bridgehead atoms. The zero-order chi connectivity index (χ0) is 16.2. The monoisotopic (exact) mass is 324 g/mol. The molecular weight excluding hydrogens is 300 g/mol. The molecule has 1 unspecified atom stereocenters. The first-order valence-corrected chi connectivity index (χ1v) is 9.15. The Bertz CT molecular complexity index is 623. The van der Waals surface area contributed by atoms with Gasteiger partial charge in [-0.05, 0) is 24.1 Å². The maximum Gasteiger partial charge on any atom is 0.191 e. The Balaban J connectivity index is 1.86. The number of guanidine groups is 1. The summed E-state index contributed by atoms with van der Waals surface area (Å²) in [5.74, 6) is 1.08. The van der Waals surface area contributed by atoms with Crippen LogP contribution >= 0.6 is 0 Å². The summed E-state index contributed by atoms with van der Waals surface area (Å²) in [6.45, 7) is 0.646. The van der Waals surface area contributed by atoms with Crippen molar-refractivity contribution in [3.05, 3.63) is 29.8 Å². The van der Waals surface area contributed by atoms with Gasteiger partial charge < -0.3 is 15.5 Å². The van der Waals surface area contributed by atoms with Crippen LogP contribution in [0.1, 0.15) is 12.0 Å². The van der Waals surface area contributed by atoms with Gasteiger partial charge in [-0.2, -0.15) is 0 Å². The Kier molecular flexibility index (Phi) is 5.28. The predicted octanol–water partition coefficient (Wildman–Crippen LogP) is 0.605. The van der Waals surface area contributed by atoms with E-state index in [1.54, 1.807) is 7.05 Å². The van der Waals surface area contributed by atoms with Gasteiger partial charge in [0.2, 0.25) is 0 Å². The summed E-state index contributed by atoms with van der Waals surface area (Å²) < 4.78 is 22.9. The van der Waals surface area contributed by atoms with Gasteiger partial charge in [0.15, 0.2) is 15.8 Å². The lowest BCUT2D eigenvalue weighted by molar-refractivity contribution is 0.599. The number of benzene rings is 1. The minimum Gasteiger partial charge on any atom is -0.378 e. The molecule has 0 spiro atoms. The Labute approximate surface area is 132 Å². The Hall–Kier alpha value is -1.76. The zero-order valence-corrected chi connectivity index (χ0v) is 14.2. The molecule has 0 aliphatic carbocycles. The van der Waals surface area contributed by atoms with Crippen LogP contribution in [0.3, 0.4) is 0 Å². The molecule has 1 fully saturated rings. The highest BCUT2D eigenvalue weighted by molar-refractivity contribution is 7.91. The number of nitrogens with zero attached hydrogens (tertiary/aromatic N) is 2. The fraction of sp³-hybridized carbons (Fsp3) is 0.533. The van der Waals surface area contributed by atoms with Crippen molar-refractivity contribution in [2.45, 2.75) is 19.0 Å². The van der Waals surface area contributed by atoms with Crippen LogP contribution in [0.5, 0.6) is 0 Å². The minimum absolute atomic E-state index is 0.0488. The normalized spacial score (nSPS) is 20.7. The van der Waals surface area contributed by atoms with Crippen LogP contribution in [-0.2, 0) is 16.4 Å². The van der Waals surface area contributed by atoms with Gasteiger partial charge in [-0.3, -0.25) is 4.99 Å². The average molecular weight is 324 g/mol. The average Bonchev–Trinajstić information content (AvgIpc) is 2.82. The van der Waals surface area contributed by atoms with Crippen molar-refractivity contribution < 1.29 is 8.42 Å². The maximum absolute atomic E-state index is 11.5. The van der Waals surface area contributed by atoms with Crippen molar-refractivity contribution in [1.29, 1.82) is 0 Å². The van der Waals surface area contributed by atoms with Crippen molar-refractivity contribution >= 4 is 21.5 Å². The lowest BCUT2D eigenvalue weighted by Crippen LogP contribution is -2.43. The highest BCUT2D eigenvalue weighted by Crippen LogP contribution is 2.12. The smallest absolute Gasteiger partial charge is 0.191 e. The van der Waals surface area contributed by atoms with E-state index in [-0.39, 0.29) is 17.5 Å². The number of aliphatic imine (C=N–C) groups is 1. The first kappa shape index (κ1) is 16.6. The molecule has 7 heteroatoms. The van der Waals surface area contributed by atoms with Gasteiger partial charge >= 0.3 is 0 Å². The van der Waals surface area contributed by atoms with E-state index in [0.717, 1.165) is 11.3 Å². The minimum atomic E-state index is -2.88. The van der Waals surface area contributed by atoms with Crippen molar-refractivity contribution in [3.8, 4) is 0 Å². The van der Waals surface area contributed by atoms with E-state index in [0.29, 0.717) is 18.9 Å². The van der Waals surface area contributed by atoms with Crippen molar-refractivity contribution in [1.82, 2.24) is 10.6 Å². The summed E-state index contributed by atoms with van der Waals surface area (Å²) in [6, 6.07) is 8.21. The molecule has 1 heterocycles. The molecule has 6 nitrogen and oxygen atoms in total. The molecule has 1 aromatic rings. The molecule has 0 amide bonds. The molecule has 1 aliphatic rings. The van der Waals surface area contributed by atoms with Crippen molar-refractivity contribution in [3.63, 3.8) is 0 Å². The highest BCUT2D eigenvalue weighted by Gasteiger charge is 2.28. The summed E-state index contributed by atoms with van der Waals surface area (Å²) in [6.07, 6.45) is 0.639. The van der Waals surface area contributed by atoms with E-state index in [2.05, 4.69) is 44.8 Å². The summed E-state index contributed by atoms with van der Waals surface area (Å²) >= 11 is 0. The molecular formula is C15H24N4O2S. The number of hydrogen-bond donors (Lipinski definition) is 2. The zero-order valence-electron chi connectivity index (χ0n) is 13.3. The second kappa shape index (κ2) is 7.00. The SMILES string of the molecule is CN=C(NCc1ccc(N(C)C)cc1)NC1CCS(=O)(=O)C1. The lowest BCUT2D eigenvalue weighted by atomic mass is 10.2. The predicted molar refractivity (Wildman–Crippen MR) is 91.2 cm³/mol. The number of sulfone groups is 1. The summed E-state index contributed by atoms with van der Waals surface area (Å²) in [5.41, 5.74) is 2.30. The third-order valence-electron chi connectivity index (χ3n) is 3.71. The van der Waals surface area contributed by atoms with Gasteiger partial charge in [-0.1, -0.05) is 12.1 Å². The van der Waals surface area contributed by atoms with E-state index < -0.39 is 9.84 Å². The van der Waals surface area contributed by atoms with Crippen LogP contribution < -0.4 is 15.5 Å². The van der Waals surface area contributed by atoms with Gasteiger partial charge in [0.25, 0.3) is 0 Å². The van der Waals surface area contributed by atoms with Gasteiger partial charge in [-0.25, -0.2) is 8.42 Å². The molecule has 1 aliphatic heterocycles. The Morgan fingerprint density at radius 3 is 2.50 bits per heavy atom. The third-order valence-corrected chi connectivity index (χ3v) is 5.48. The second-order valence-corrected chi connectivity index (χ2v) is 7.96. The largest absolute Gasteiger partial charge is 0.378 e. The molecule has 0 aromatic heterocycles. The molecule has 1 aromatic carbocycles. The van der Waals surface area contributed by atoms with Crippen LogP contribution in [0, 0.1) is 0 Å². The topological polar surface area (TPSA) is 73.8 Å². The lowest BCUT2D eigenvalue weighted by Gasteiger charge is -2.17. The highest BCUT2D eigenvalue weighted by atomic mass is 32.2. The molecule has 1 saturated heterocycles. The van der Waals surface area contributed by atoms with Crippen molar-refractivity contribution in [2.24, 2.45) is 4.99 Å². The summed E-state index contributed by atoms with van der Waals surface area (Å²) in [5, 5.41) is 6.39. The van der Waals surface area contributed by atoms with Crippen LogP contribution in [0.15, 0.2) is 29.3 Å². The second-order valence-electron chi connectivity index (χ2n) is 5.73. The summed E-state index contributed by atoms with van der Waals surface area (Å²) in [7, 11) is 2.83. The van der Waals surface area contributed by atoms with Crippen molar-refractivity contribution in [2.75, 3.05) is 37.5 Å². The van der Waals surface area contributed by atoms with Crippen LogP contribution in [0.25, 0.3) is 0 Å². The van der Waals surface area contributed by atoms with E-state index in [1.807, 2.05) is 14.1 Å². The van der Waals surface area contributed by atoms with Gasteiger partial charge in [0.05, 0.1) is 11.5 Å². The van der Waals surface area contributed by atoms with Gasteiger partial charge in [0, 0.05) is 39.4 Å². The molecule has 2 N–H and O–H groups in total. The van der Waals surface area contributed by atoms with Crippen LogP contribution in [-0.4, -0.2) is 53.1 Å². The fourth-order valence-electron chi connectivity index (χ4n) is 2.39. The fourth-order valence-corrected chi connectivity index (χ4v) is 4.07. The van der Waals surface area contributed by atoms with E-state index in [9.17, 15) is 8.42 Å². The number of rotatable bonds is 4. The molecule has 1 atom stereocenters. The molecule has 2 rings (SSSR count). The third kappa shape index (κ3) is 4.62. The molecule has 0 radical (unpaired) electrons. The quantitative estimate of drug-likeness (QED) is 0.627.